The fraction of sp³-hybridized carbons (Fsp3) is 0.625. The highest BCUT2D eigenvalue weighted by Gasteiger charge is 2.36. The first-order valence-electron chi connectivity index (χ1n) is 7.23. The van der Waals surface area contributed by atoms with Gasteiger partial charge in [-0.1, -0.05) is 40.9 Å². The number of rotatable bonds is 2. The van der Waals surface area contributed by atoms with E-state index >= 15 is 0 Å². The van der Waals surface area contributed by atoms with Crippen molar-refractivity contribution in [1.29, 1.82) is 0 Å². The Morgan fingerprint density at radius 1 is 1.06 bits per heavy atom. The van der Waals surface area contributed by atoms with E-state index in [9.17, 15) is 0 Å². The van der Waals surface area contributed by atoms with Crippen molar-refractivity contribution < 1.29 is 0 Å². The molecule has 0 amide bonds. The number of nitrogens with zero attached hydrogens (tertiary/aromatic N) is 1. The van der Waals surface area contributed by atoms with Gasteiger partial charge in [0.15, 0.2) is 0 Å². The maximum absolute atomic E-state index is 3.56. The molecular formula is C16H22BrN. The van der Waals surface area contributed by atoms with Crippen LogP contribution in [-0.2, 0) is 6.54 Å². The minimum absolute atomic E-state index is 0.744. The van der Waals surface area contributed by atoms with Crippen LogP contribution in [0.15, 0.2) is 28.7 Å². The highest BCUT2D eigenvalue weighted by atomic mass is 79.9. The van der Waals surface area contributed by atoms with E-state index in [2.05, 4.69) is 45.1 Å². The smallest absolute Gasteiger partial charge is 0.0234 e. The number of piperidine rings is 1. The van der Waals surface area contributed by atoms with E-state index in [4.69, 9.17) is 0 Å². The molecule has 0 aromatic heterocycles. The first-order chi connectivity index (χ1) is 8.76. The van der Waals surface area contributed by atoms with Gasteiger partial charge in [0.25, 0.3) is 0 Å². The first-order valence-corrected chi connectivity index (χ1v) is 8.02. The molecule has 0 N–H and O–H groups in total. The summed E-state index contributed by atoms with van der Waals surface area (Å²) in [5, 5.41) is 0. The van der Waals surface area contributed by atoms with Crippen molar-refractivity contribution in [2.24, 2.45) is 5.41 Å². The molecular weight excluding hydrogens is 286 g/mol. The third kappa shape index (κ3) is 2.80. The van der Waals surface area contributed by atoms with Gasteiger partial charge in [0.05, 0.1) is 0 Å². The molecule has 1 aliphatic carbocycles. The summed E-state index contributed by atoms with van der Waals surface area (Å²) in [5.74, 6) is 0. The first kappa shape index (κ1) is 12.7. The predicted molar refractivity (Wildman–Crippen MR) is 79.6 cm³/mol. The van der Waals surface area contributed by atoms with E-state index in [1.807, 2.05) is 0 Å². The van der Waals surface area contributed by atoms with Crippen LogP contribution in [0.3, 0.4) is 0 Å². The Kier molecular flexibility index (Phi) is 3.76. The molecule has 1 saturated carbocycles. The van der Waals surface area contributed by atoms with Crippen LogP contribution in [-0.4, -0.2) is 18.0 Å². The largest absolute Gasteiger partial charge is 0.299 e. The fourth-order valence-electron chi connectivity index (χ4n) is 3.70. The van der Waals surface area contributed by atoms with Crippen molar-refractivity contribution >= 4 is 15.9 Å². The zero-order chi connectivity index (χ0) is 12.4. The molecule has 2 heteroatoms. The average Bonchev–Trinajstić information content (AvgIpc) is 2.81. The van der Waals surface area contributed by atoms with E-state index < -0.39 is 0 Å². The minimum Gasteiger partial charge on any atom is -0.299 e. The Labute approximate surface area is 119 Å². The van der Waals surface area contributed by atoms with Crippen LogP contribution in [0.25, 0.3) is 0 Å². The zero-order valence-corrected chi connectivity index (χ0v) is 12.6. The SMILES string of the molecule is Brc1cccc(CN2CCC3(CCCC3)CC2)c1. The summed E-state index contributed by atoms with van der Waals surface area (Å²) < 4.78 is 1.20. The van der Waals surface area contributed by atoms with Gasteiger partial charge in [-0.05, 0) is 61.9 Å². The monoisotopic (exact) mass is 307 g/mol. The standard InChI is InChI=1S/C16H22BrN/c17-15-5-3-4-14(12-15)13-18-10-8-16(9-11-18)6-1-2-7-16/h3-5,12H,1-2,6-11,13H2. The average molecular weight is 308 g/mol. The van der Waals surface area contributed by atoms with Crippen LogP contribution in [0, 0.1) is 5.41 Å². The Balaban J connectivity index is 1.57. The minimum atomic E-state index is 0.744. The van der Waals surface area contributed by atoms with E-state index in [1.165, 1.54) is 61.7 Å². The molecule has 3 rings (SSSR count). The van der Waals surface area contributed by atoms with Gasteiger partial charge in [0.1, 0.15) is 0 Å². The van der Waals surface area contributed by atoms with Gasteiger partial charge in [-0.3, -0.25) is 4.90 Å². The molecule has 1 saturated heterocycles. The van der Waals surface area contributed by atoms with Crippen LogP contribution >= 0.6 is 15.9 Å². The molecule has 0 bridgehead atoms. The van der Waals surface area contributed by atoms with Gasteiger partial charge in [-0.2, -0.15) is 0 Å². The molecule has 1 spiro atoms. The Bertz CT molecular complexity index is 399. The maximum Gasteiger partial charge on any atom is 0.0234 e. The van der Waals surface area contributed by atoms with Crippen molar-refractivity contribution in [1.82, 2.24) is 4.90 Å². The van der Waals surface area contributed by atoms with Gasteiger partial charge in [0, 0.05) is 11.0 Å². The van der Waals surface area contributed by atoms with Gasteiger partial charge >= 0.3 is 0 Å². The highest BCUT2D eigenvalue weighted by Crippen LogP contribution is 2.46. The normalized spacial score (nSPS) is 23.6. The molecule has 1 heterocycles. The van der Waals surface area contributed by atoms with E-state index in [0.29, 0.717) is 0 Å². The van der Waals surface area contributed by atoms with Crippen LogP contribution < -0.4 is 0 Å². The summed E-state index contributed by atoms with van der Waals surface area (Å²) in [6, 6.07) is 8.74. The van der Waals surface area contributed by atoms with Crippen molar-refractivity contribution in [2.75, 3.05) is 13.1 Å². The summed E-state index contributed by atoms with van der Waals surface area (Å²) in [4.78, 5) is 2.63. The zero-order valence-electron chi connectivity index (χ0n) is 11.0. The Morgan fingerprint density at radius 2 is 1.78 bits per heavy atom. The van der Waals surface area contributed by atoms with Crippen LogP contribution in [0.1, 0.15) is 44.1 Å². The third-order valence-corrected chi connectivity index (χ3v) is 5.37. The lowest BCUT2D eigenvalue weighted by Crippen LogP contribution is -2.38. The summed E-state index contributed by atoms with van der Waals surface area (Å²) >= 11 is 3.56. The number of halogens is 1. The second kappa shape index (κ2) is 5.34. The molecule has 0 atom stereocenters. The second-order valence-electron chi connectivity index (χ2n) is 6.11. The molecule has 1 aliphatic heterocycles. The van der Waals surface area contributed by atoms with Gasteiger partial charge in [0.2, 0.25) is 0 Å². The fourth-order valence-corrected chi connectivity index (χ4v) is 4.15. The van der Waals surface area contributed by atoms with Gasteiger partial charge in [-0.15, -0.1) is 0 Å². The second-order valence-corrected chi connectivity index (χ2v) is 7.03. The summed E-state index contributed by atoms with van der Waals surface area (Å²) in [7, 11) is 0. The van der Waals surface area contributed by atoms with Crippen molar-refractivity contribution in [3.05, 3.63) is 34.3 Å². The maximum atomic E-state index is 3.56. The van der Waals surface area contributed by atoms with Gasteiger partial charge in [-0.25, -0.2) is 0 Å². The van der Waals surface area contributed by atoms with Crippen LogP contribution in [0.5, 0.6) is 0 Å². The van der Waals surface area contributed by atoms with E-state index in [1.54, 1.807) is 0 Å². The van der Waals surface area contributed by atoms with E-state index in [0.717, 1.165) is 12.0 Å². The van der Waals surface area contributed by atoms with Crippen LogP contribution in [0.2, 0.25) is 0 Å². The van der Waals surface area contributed by atoms with Gasteiger partial charge < -0.3 is 0 Å². The van der Waals surface area contributed by atoms with Crippen molar-refractivity contribution in [3.63, 3.8) is 0 Å². The lowest BCUT2D eigenvalue weighted by Gasteiger charge is -2.39. The Morgan fingerprint density at radius 3 is 2.44 bits per heavy atom. The molecule has 2 fully saturated rings. The number of likely N-dealkylation sites (tertiary alicyclic amines) is 1. The molecule has 1 aromatic carbocycles. The van der Waals surface area contributed by atoms with E-state index in [-0.39, 0.29) is 0 Å². The summed E-state index contributed by atoms with van der Waals surface area (Å²) in [5.41, 5.74) is 2.18. The molecule has 0 radical (unpaired) electrons. The Hall–Kier alpha value is -0.340. The lowest BCUT2D eigenvalue weighted by molar-refractivity contribution is 0.103. The highest BCUT2D eigenvalue weighted by molar-refractivity contribution is 9.10. The topological polar surface area (TPSA) is 3.24 Å². The molecule has 0 unspecified atom stereocenters. The quantitative estimate of drug-likeness (QED) is 0.771. The molecule has 1 nitrogen and oxygen atoms in total. The molecule has 1 aromatic rings. The number of benzene rings is 1. The van der Waals surface area contributed by atoms with Crippen LogP contribution in [0.4, 0.5) is 0 Å². The summed E-state index contributed by atoms with van der Waals surface area (Å²) in [6.45, 7) is 3.72. The molecule has 98 valence electrons. The molecule has 2 aliphatic rings. The summed E-state index contributed by atoms with van der Waals surface area (Å²) in [6.07, 6.45) is 8.81. The third-order valence-electron chi connectivity index (χ3n) is 4.88. The van der Waals surface area contributed by atoms with Crippen molar-refractivity contribution in [3.8, 4) is 0 Å². The number of hydrogen-bond donors (Lipinski definition) is 0. The number of hydrogen-bond acceptors (Lipinski definition) is 1. The van der Waals surface area contributed by atoms with Crippen molar-refractivity contribution in [2.45, 2.75) is 45.1 Å². The lowest BCUT2D eigenvalue weighted by atomic mass is 9.77. The predicted octanol–water partition coefficient (Wildman–Crippen LogP) is 4.61. The molecule has 18 heavy (non-hydrogen) atoms.